The average molecular weight is 81.1 g/mol. The summed E-state index contributed by atoms with van der Waals surface area (Å²) >= 11 is 2.91. The highest BCUT2D eigenvalue weighted by Gasteiger charge is 1.63. The summed E-state index contributed by atoms with van der Waals surface area (Å²) < 4.78 is -0.306. The Labute approximate surface area is 28.9 Å². The van der Waals surface area contributed by atoms with Gasteiger partial charge in [-0.3, -0.25) is 10.4 Å². The van der Waals surface area contributed by atoms with Crippen molar-refractivity contribution in [2.24, 2.45) is 0 Å². The van der Waals surface area contributed by atoms with E-state index in [0.29, 0.717) is 0 Å². The molecule has 0 aromatic carbocycles. The lowest BCUT2D eigenvalue weighted by Crippen LogP contribution is -1.93. The van der Waals surface area contributed by atoms with E-state index in [9.17, 15) is 0 Å². The molecule has 0 aliphatic heterocycles. The Bertz CT molecular complexity index is 10.8. The Morgan fingerprint density at radius 1 is 1.50 bits per heavy atom. The number of thiol groups is 1. The van der Waals surface area contributed by atoms with Gasteiger partial charge in [-0.05, 0) is 17.4 Å². The van der Waals surface area contributed by atoms with Crippen molar-refractivity contribution >= 4 is 12.8 Å². The summed E-state index contributed by atoms with van der Waals surface area (Å²) in [5.74, 6) is 0. The first-order valence-corrected chi connectivity index (χ1v) is 1.00. The van der Waals surface area contributed by atoms with Gasteiger partial charge in [0.2, 0.25) is 0 Å². The van der Waals surface area contributed by atoms with Crippen LogP contribution in [0, 0.1) is 0 Å². The van der Waals surface area contributed by atoms with Gasteiger partial charge in [0.25, 0.3) is 0 Å². The highest BCUT2D eigenvalue weighted by atomic mass is 32.1. The molecule has 0 spiro atoms. The van der Waals surface area contributed by atoms with Gasteiger partial charge in [0.05, 0.1) is 0 Å². The molecule has 0 rings (SSSR count). The Hall–Kier alpha value is 0.230. The maximum absolute atomic E-state index is 7.31. The van der Waals surface area contributed by atoms with Crippen LogP contribution in [0.1, 0.15) is 0 Å². The quantitative estimate of drug-likeness (QED) is 0.282. The second-order valence-electron chi connectivity index (χ2n) is 0.268. The maximum Gasteiger partial charge on any atom is -0.0112 e. The number of nitrogens with zero attached hydrogens (tertiary/aromatic N) is 1. The normalized spacial score (nSPS) is 9.00. The molecule has 0 aromatic rings. The van der Waals surface area contributed by atoms with Gasteiger partial charge >= 0.3 is 0 Å². The second kappa shape index (κ2) is 1.54. The fraction of sp³-hybridized carbons (Fsp3) is 0. The molecule has 2 N–H and O–H groups in total. The van der Waals surface area contributed by atoms with Crippen molar-refractivity contribution in [1.29, 1.82) is 0 Å². The van der Waals surface area contributed by atoms with E-state index in [2.05, 4.69) is 12.8 Å². The van der Waals surface area contributed by atoms with Crippen LogP contribution in [-0.4, -0.2) is 15.0 Å². The summed E-state index contributed by atoms with van der Waals surface area (Å²) in [6.07, 6.45) is 0. The molecule has 4 heteroatoms. The van der Waals surface area contributed by atoms with Gasteiger partial charge < -0.3 is 0 Å². The van der Waals surface area contributed by atoms with Crippen molar-refractivity contribution in [2.45, 2.75) is 0 Å². The lowest BCUT2D eigenvalue weighted by atomic mass is 13.2. The molecule has 0 amide bonds. The lowest BCUT2D eigenvalue weighted by molar-refractivity contribution is -0.214. The Morgan fingerprint density at radius 3 is 1.50 bits per heavy atom. The Morgan fingerprint density at radius 2 is 1.50 bits per heavy atom. The first-order chi connectivity index (χ1) is 1.73. The molecular weight excluding hydrogens is 78.1 g/mol. The summed E-state index contributed by atoms with van der Waals surface area (Å²) in [7, 11) is 0. The van der Waals surface area contributed by atoms with E-state index < -0.39 is 0 Å². The molecule has 26 valence electrons. The third-order valence-corrected chi connectivity index (χ3v) is 0. The average Bonchev–Trinajstić information content (AvgIpc) is 0.811. The number of hydrogen-bond acceptors (Lipinski definition) is 4. The van der Waals surface area contributed by atoms with Crippen molar-refractivity contribution in [2.75, 3.05) is 0 Å². The first kappa shape index (κ1) is 4.23. The molecule has 0 aliphatic carbocycles. The minimum absolute atomic E-state index is 0.306. The topological polar surface area (TPSA) is 43.7 Å². The van der Waals surface area contributed by atoms with E-state index >= 15 is 0 Å². The van der Waals surface area contributed by atoms with Crippen LogP contribution in [0.15, 0.2) is 0 Å². The molecule has 0 aromatic heterocycles. The van der Waals surface area contributed by atoms with E-state index in [1.807, 2.05) is 0 Å². The molecule has 0 fully saturated rings. The van der Waals surface area contributed by atoms with Gasteiger partial charge in [0.15, 0.2) is 0 Å². The summed E-state index contributed by atoms with van der Waals surface area (Å²) in [4.78, 5) is 0. The van der Waals surface area contributed by atoms with Crippen LogP contribution in [-0.2, 0) is 0 Å². The zero-order valence-electron chi connectivity index (χ0n) is 1.79. The SMILES string of the molecule is ON(O)S. The van der Waals surface area contributed by atoms with Crippen LogP contribution in [0.3, 0.4) is 0 Å². The van der Waals surface area contributed by atoms with E-state index in [0.717, 1.165) is 0 Å². The molecule has 0 saturated heterocycles. The highest BCUT2D eigenvalue weighted by molar-refractivity contribution is 7.77. The first-order valence-electron chi connectivity index (χ1n) is 0.600. The zero-order valence-corrected chi connectivity index (χ0v) is 2.68. The fourth-order valence-electron chi connectivity index (χ4n) is 0. The van der Waals surface area contributed by atoms with Crippen molar-refractivity contribution in [3.05, 3.63) is 0 Å². The van der Waals surface area contributed by atoms with Gasteiger partial charge in [-0.2, -0.15) is 0 Å². The molecule has 0 atom stereocenters. The molecular formula is H3NO2S. The van der Waals surface area contributed by atoms with Crippen LogP contribution in [0.25, 0.3) is 0 Å². The lowest BCUT2D eigenvalue weighted by Gasteiger charge is -1.84. The van der Waals surface area contributed by atoms with Gasteiger partial charge in [-0.25, -0.2) is 0 Å². The van der Waals surface area contributed by atoms with E-state index in [4.69, 9.17) is 10.4 Å². The maximum atomic E-state index is 7.31. The predicted octanol–water partition coefficient (Wildman–Crippen LogP) is -0.0884. The van der Waals surface area contributed by atoms with Crippen LogP contribution in [0.2, 0.25) is 0 Å². The van der Waals surface area contributed by atoms with Crippen LogP contribution in [0.4, 0.5) is 0 Å². The van der Waals surface area contributed by atoms with Gasteiger partial charge in [0.1, 0.15) is 0 Å². The molecule has 0 unspecified atom stereocenters. The summed E-state index contributed by atoms with van der Waals surface area (Å²) in [6, 6.07) is 0. The minimum atomic E-state index is -0.306. The third kappa shape index (κ3) is 63.8. The Balaban J connectivity index is 2.32. The molecule has 3 nitrogen and oxygen atoms in total. The minimum Gasteiger partial charge on any atom is -0.280 e. The third-order valence-electron chi connectivity index (χ3n) is 0. The van der Waals surface area contributed by atoms with E-state index in [1.165, 1.54) is 0 Å². The highest BCUT2D eigenvalue weighted by Crippen LogP contribution is 1.68. The van der Waals surface area contributed by atoms with Crippen LogP contribution >= 0.6 is 12.8 Å². The zero-order chi connectivity index (χ0) is 3.58. The Kier molecular flexibility index (Phi) is 1.63. The molecule has 0 radical (unpaired) electrons. The summed E-state index contributed by atoms with van der Waals surface area (Å²) in [5, 5.41) is 14.6. The molecule has 0 heterocycles. The van der Waals surface area contributed by atoms with Crippen molar-refractivity contribution < 1.29 is 10.4 Å². The molecule has 0 aliphatic rings. The fourth-order valence-corrected chi connectivity index (χ4v) is 0. The summed E-state index contributed by atoms with van der Waals surface area (Å²) in [6.45, 7) is 0. The van der Waals surface area contributed by atoms with Crippen molar-refractivity contribution in [3.63, 3.8) is 0 Å². The molecule has 0 bridgehead atoms. The van der Waals surface area contributed by atoms with Crippen LogP contribution in [0.5, 0.6) is 0 Å². The standard InChI is InChI=1S/H3NO2S/c2-1(3)4/h2-4H. The van der Waals surface area contributed by atoms with Crippen molar-refractivity contribution in [1.82, 2.24) is 4.63 Å². The largest absolute Gasteiger partial charge is 0.280 e. The van der Waals surface area contributed by atoms with E-state index in [1.54, 1.807) is 0 Å². The monoisotopic (exact) mass is 81.0 g/mol. The van der Waals surface area contributed by atoms with Gasteiger partial charge in [-0.15, -0.1) is 0 Å². The van der Waals surface area contributed by atoms with Crippen LogP contribution < -0.4 is 0 Å². The van der Waals surface area contributed by atoms with E-state index in [-0.39, 0.29) is 4.63 Å². The number of hydrogen-bond donors (Lipinski definition) is 3. The predicted molar refractivity (Wildman–Crippen MR) is 14.4 cm³/mol. The smallest absolute Gasteiger partial charge is 0.0112 e. The number of rotatable bonds is 0. The second-order valence-corrected chi connectivity index (χ2v) is 0.626. The molecule has 4 heavy (non-hydrogen) atoms. The molecule has 0 saturated carbocycles. The van der Waals surface area contributed by atoms with Gasteiger partial charge in [-0.1, -0.05) is 0 Å². The summed E-state index contributed by atoms with van der Waals surface area (Å²) in [5.41, 5.74) is 0. The van der Waals surface area contributed by atoms with Crippen molar-refractivity contribution in [3.8, 4) is 0 Å². The van der Waals surface area contributed by atoms with Gasteiger partial charge in [0, 0.05) is 0 Å².